The topological polar surface area (TPSA) is 73.3 Å². The summed E-state index contributed by atoms with van der Waals surface area (Å²) in [5.74, 6) is -0.642. The minimum absolute atomic E-state index is 0.190. The van der Waals surface area contributed by atoms with Crippen LogP contribution in [-0.4, -0.2) is 18.5 Å². The first-order valence-electron chi connectivity index (χ1n) is 4.88. The molecule has 0 spiro atoms. The van der Waals surface area contributed by atoms with Crippen LogP contribution in [0.1, 0.15) is 17.5 Å². The van der Waals surface area contributed by atoms with Gasteiger partial charge in [0.1, 0.15) is 0 Å². The van der Waals surface area contributed by atoms with Crippen LogP contribution in [0.5, 0.6) is 0 Å². The van der Waals surface area contributed by atoms with E-state index in [1.807, 2.05) is 12.4 Å². The van der Waals surface area contributed by atoms with Gasteiger partial charge in [0, 0.05) is 20.3 Å². The third-order valence-electron chi connectivity index (χ3n) is 2.12. The van der Waals surface area contributed by atoms with Crippen molar-refractivity contribution in [3.63, 3.8) is 0 Å². The maximum Gasteiger partial charge on any atom is 0.302 e. The summed E-state index contributed by atoms with van der Waals surface area (Å²) >= 11 is 1.53. The fourth-order valence-electron chi connectivity index (χ4n) is 1.30. The van der Waals surface area contributed by atoms with Crippen molar-refractivity contribution in [1.29, 1.82) is 0 Å². The second-order valence-corrected chi connectivity index (χ2v) is 4.36. The highest BCUT2D eigenvalue weighted by Gasteiger charge is 2.16. The van der Waals surface area contributed by atoms with E-state index in [0.717, 1.165) is 10.6 Å². The lowest BCUT2D eigenvalue weighted by molar-refractivity contribution is -0.685. The van der Waals surface area contributed by atoms with Crippen molar-refractivity contribution < 1.29 is 18.9 Å². The van der Waals surface area contributed by atoms with Crippen molar-refractivity contribution >= 4 is 23.2 Å². The number of ether oxygens (including phenoxy) is 1. The summed E-state index contributed by atoms with van der Waals surface area (Å²) in [6.07, 6.45) is 0.668. The maximum absolute atomic E-state index is 10.8. The monoisotopic (exact) mass is 243 g/mol. The fourth-order valence-corrected chi connectivity index (χ4v) is 2.28. The zero-order chi connectivity index (χ0) is 12.1. The number of hydrogen-bond donors (Lipinski definition) is 1. The molecule has 88 valence electrons. The van der Waals surface area contributed by atoms with Gasteiger partial charge in [-0.25, -0.2) is 0 Å². The van der Waals surface area contributed by atoms with Gasteiger partial charge in [0.25, 0.3) is 5.91 Å². The number of hydrogen-bond acceptors (Lipinski definition) is 4. The molecule has 0 fully saturated rings. The molecule has 0 aliphatic rings. The summed E-state index contributed by atoms with van der Waals surface area (Å²) in [6.45, 7) is 3.86. The fraction of sp³-hybridized carbons (Fsp3) is 0.500. The first-order valence-corrected chi connectivity index (χ1v) is 5.76. The predicted molar refractivity (Wildman–Crippen MR) is 58.8 cm³/mol. The van der Waals surface area contributed by atoms with Gasteiger partial charge in [0.2, 0.25) is 12.1 Å². The van der Waals surface area contributed by atoms with Crippen LogP contribution in [0.15, 0.2) is 5.51 Å². The third kappa shape index (κ3) is 3.62. The molecule has 0 radical (unpaired) electrons. The smallest absolute Gasteiger partial charge is 0.302 e. The zero-order valence-corrected chi connectivity index (χ0v) is 10.2. The Morgan fingerprint density at radius 3 is 2.81 bits per heavy atom. The summed E-state index contributed by atoms with van der Waals surface area (Å²) in [5.41, 5.74) is 7.96. The van der Waals surface area contributed by atoms with Gasteiger partial charge in [-0.2, -0.15) is 4.57 Å². The van der Waals surface area contributed by atoms with Crippen LogP contribution in [-0.2, 0) is 27.3 Å². The van der Waals surface area contributed by atoms with Crippen LogP contribution >= 0.6 is 11.3 Å². The van der Waals surface area contributed by atoms with Gasteiger partial charge in [0.05, 0.1) is 11.5 Å². The molecular formula is C10H15N2O3S+. The number of nitrogens with zero attached hydrogens (tertiary/aromatic N) is 1. The Hall–Kier alpha value is -1.43. The maximum atomic E-state index is 10.8. The molecule has 1 aromatic heterocycles. The Labute approximate surface area is 97.8 Å². The minimum atomic E-state index is -0.363. The summed E-state index contributed by atoms with van der Waals surface area (Å²) in [4.78, 5) is 22.5. The standard InChI is InChI=1S/C10H14N2O3S/c1-7-9(3-4-15-8(2)13)16-6-12(7)5-10(11)14/h6H,3-5H2,1-2H3,(H-,11,14)/p+1. The molecule has 5 nitrogen and oxygen atoms in total. The van der Waals surface area contributed by atoms with Gasteiger partial charge in [-0.1, -0.05) is 11.3 Å². The third-order valence-corrected chi connectivity index (χ3v) is 3.26. The van der Waals surface area contributed by atoms with E-state index >= 15 is 0 Å². The number of carbonyl (C=O) groups is 2. The van der Waals surface area contributed by atoms with E-state index < -0.39 is 0 Å². The van der Waals surface area contributed by atoms with E-state index in [0.29, 0.717) is 13.0 Å². The Kier molecular flexibility index (Phi) is 4.42. The lowest BCUT2D eigenvalue weighted by Crippen LogP contribution is -2.41. The molecular weight excluding hydrogens is 228 g/mol. The van der Waals surface area contributed by atoms with Crippen LogP contribution in [0, 0.1) is 6.92 Å². The molecule has 16 heavy (non-hydrogen) atoms. The van der Waals surface area contributed by atoms with E-state index in [9.17, 15) is 9.59 Å². The highest BCUT2D eigenvalue weighted by molar-refractivity contribution is 7.09. The first kappa shape index (κ1) is 12.6. The number of carbonyl (C=O) groups excluding carboxylic acids is 2. The van der Waals surface area contributed by atoms with E-state index in [2.05, 4.69) is 0 Å². The van der Waals surface area contributed by atoms with Crippen LogP contribution in [0.2, 0.25) is 0 Å². The molecule has 1 rings (SSSR count). The number of nitrogens with two attached hydrogens (primary N) is 1. The Morgan fingerprint density at radius 2 is 2.25 bits per heavy atom. The molecule has 0 aliphatic heterocycles. The largest absolute Gasteiger partial charge is 0.465 e. The van der Waals surface area contributed by atoms with Gasteiger partial charge in [-0.15, -0.1) is 0 Å². The van der Waals surface area contributed by atoms with Crippen LogP contribution < -0.4 is 10.3 Å². The molecule has 1 amide bonds. The number of thiazole rings is 1. The quantitative estimate of drug-likeness (QED) is 0.581. The molecule has 2 N–H and O–H groups in total. The van der Waals surface area contributed by atoms with Crippen LogP contribution in [0.3, 0.4) is 0 Å². The highest BCUT2D eigenvalue weighted by atomic mass is 32.1. The van der Waals surface area contributed by atoms with E-state index in [1.165, 1.54) is 18.3 Å². The average molecular weight is 243 g/mol. The van der Waals surface area contributed by atoms with Crippen LogP contribution in [0.25, 0.3) is 0 Å². The molecule has 0 atom stereocenters. The highest BCUT2D eigenvalue weighted by Crippen LogP contribution is 2.11. The minimum Gasteiger partial charge on any atom is -0.465 e. The van der Waals surface area contributed by atoms with E-state index in [-0.39, 0.29) is 18.4 Å². The molecule has 0 aromatic carbocycles. The van der Waals surface area contributed by atoms with Gasteiger partial charge in [0.15, 0.2) is 5.69 Å². The van der Waals surface area contributed by atoms with E-state index in [4.69, 9.17) is 10.5 Å². The molecule has 0 bridgehead atoms. The molecule has 6 heteroatoms. The lowest BCUT2D eigenvalue weighted by atomic mass is 10.3. The summed E-state index contributed by atoms with van der Waals surface area (Å²) in [6, 6.07) is 0. The molecule has 0 saturated heterocycles. The van der Waals surface area contributed by atoms with Gasteiger partial charge < -0.3 is 10.5 Å². The van der Waals surface area contributed by atoms with Gasteiger partial charge >= 0.3 is 5.97 Å². The molecule has 1 heterocycles. The van der Waals surface area contributed by atoms with Crippen molar-refractivity contribution in [2.75, 3.05) is 6.61 Å². The first-order chi connectivity index (χ1) is 7.50. The number of aromatic nitrogens is 1. The Balaban J connectivity index is 2.58. The van der Waals surface area contributed by atoms with Crippen molar-refractivity contribution in [1.82, 2.24) is 0 Å². The zero-order valence-electron chi connectivity index (χ0n) is 9.36. The SMILES string of the molecule is CC(=O)OCCc1sc[n+](CC(N)=O)c1C. The summed E-state index contributed by atoms with van der Waals surface area (Å²) < 4.78 is 6.66. The van der Waals surface area contributed by atoms with E-state index in [1.54, 1.807) is 4.57 Å². The molecule has 0 saturated carbocycles. The Morgan fingerprint density at radius 1 is 1.56 bits per heavy atom. The van der Waals surface area contributed by atoms with Gasteiger partial charge in [-0.05, 0) is 0 Å². The number of primary amides is 1. The van der Waals surface area contributed by atoms with Crippen molar-refractivity contribution in [2.24, 2.45) is 5.73 Å². The number of amides is 1. The number of esters is 1. The summed E-state index contributed by atoms with van der Waals surface area (Å²) in [7, 11) is 0. The van der Waals surface area contributed by atoms with Crippen LogP contribution in [0.4, 0.5) is 0 Å². The number of rotatable bonds is 5. The molecule has 0 aliphatic carbocycles. The summed E-state index contributed by atoms with van der Waals surface area (Å²) in [5, 5.41) is 0. The van der Waals surface area contributed by atoms with Crippen molar-refractivity contribution in [3.8, 4) is 0 Å². The predicted octanol–water partition coefficient (Wildman–Crippen LogP) is -0.0651. The second-order valence-electron chi connectivity index (χ2n) is 3.42. The van der Waals surface area contributed by atoms with Gasteiger partial charge in [-0.3, -0.25) is 9.59 Å². The van der Waals surface area contributed by atoms with Crippen molar-refractivity contribution in [3.05, 3.63) is 16.1 Å². The molecule has 0 unspecified atom stereocenters. The molecule has 1 aromatic rings. The normalized spacial score (nSPS) is 10.1. The van der Waals surface area contributed by atoms with Crippen molar-refractivity contribution in [2.45, 2.75) is 26.8 Å². The Bertz CT molecular complexity index is 401. The average Bonchev–Trinajstić information content (AvgIpc) is 2.48. The lowest BCUT2D eigenvalue weighted by Gasteiger charge is -1.98. The second kappa shape index (κ2) is 5.60.